The van der Waals surface area contributed by atoms with Gasteiger partial charge in [-0.15, -0.1) is 0 Å². The van der Waals surface area contributed by atoms with Crippen LogP contribution in [0.2, 0.25) is 5.02 Å². The molecule has 3 heterocycles. The second-order valence-corrected chi connectivity index (χ2v) is 4.81. The average molecular weight is 235 g/mol. The van der Waals surface area contributed by atoms with Gasteiger partial charge in [-0.05, 0) is 44.0 Å². The van der Waals surface area contributed by atoms with Crippen LogP contribution in [0.5, 0.6) is 0 Å². The van der Waals surface area contributed by atoms with Gasteiger partial charge in [-0.25, -0.2) is 0 Å². The highest BCUT2D eigenvalue weighted by Gasteiger charge is 2.23. The Morgan fingerprint density at radius 1 is 1.44 bits per heavy atom. The molecule has 16 heavy (non-hydrogen) atoms. The monoisotopic (exact) mass is 234 g/mol. The first-order valence-electron chi connectivity index (χ1n) is 5.77. The first-order valence-corrected chi connectivity index (χ1v) is 6.15. The second-order valence-electron chi connectivity index (χ2n) is 4.43. The largest absolute Gasteiger partial charge is 0.318 e. The maximum atomic E-state index is 6.38. The quantitative estimate of drug-likeness (QED) is 0.801. The molecule has 0 amide bonds. The lowest BCUT2D eigenvalue weighted by Gasteiger charge is -2.12. The number of rotatable bonds is 1. The molecule has 0 aliphatic carbocycles. The third-order valence-electron chi connectivity index (χ3n) is 3.45. The zero-order valence-corrected chi connectivity index (χ0v) is 10.1. The summed E-state index contributed by atoms with van der Waals surface area (Å²) < 4.78 is 2.22. The predicted molar refractivity (Wildman–Crippen MR) is 67.1 cm³/mol. The van der Waals surface area contributed by atoms with Crippen molar-refractivity contribution in [1.82, 2.24) is 9.72 Å². The van der Waals surface area contributed by atoms with Crippen LogP contribution in [-0.4, -0.2) is 10.9 Å². The van der Waals surface area contributed by atoms with E-state index in [4.69, 9.17) is 11.6 Å². The van der Waals surface area contributed by atoms with E-state index in [1.807, 2.05) is 6.07 Å². The van der Waals surface area contributed by atoms with Gasteiger partial charge in [-0.3, -0.25) is 0 Å². The molecular weight excluding hydrogens is 220 g/mol. The van der Waals surface area contributed by atoms with Crippen molar-refractivity contribution >= 4 is 17.1 Å². The minimum absolute atomic E-state index is 0.461. The van der Waals surface area contributed by atoms with Gasteiger partial charge in [-0.2, -0.15) is 0 Å². The van der Waals surface area contributed by atoms with E-state index in [-0.39, 0.29) is 0 Å². The molecule has 3 heteroatoms. The van der Waals surface area contributed by atoms with Crippen LogP contribution in [0, 0.1) is 6.92 Å². The lowest BCUT2D eigenvalue weighted by molar-refractivity contribution is 0.619. The fraction of sp³-hybridized carbons (Fsp3) is 0.385. The standard InChI is InChI=1S/C13H15ClN2/c1-9-12(14)11-6-2-3-8-16(11)13(9)10-5-4-7-15-10/h2-3,6,8,10,15H,4-5,7H2,1H3. The highest BCUT2D eigenvalue weighted by molar-refractivity contribution is 6.34. The molecule has 0 spiro atoms. The summed E-state index contributed by atoms with van der Waals surface area (Å²) >= 11 is 6.38. The van der Waals surface area contributed by atoms with E-state index in [2.05, 4.69) is 35.0 Å². The summed E-state index contributed by atoms with van der Waals surface area (Å²) in [6, 6.07) is 6.63. The summed E-state index contributed by atoms with van der Waals surface area (Å²) in [6.45, 7) is 3.23. The zero-order chi connectivity index (χ0) is 11.1. The van der Waals surface area contributed by atoms with Gasteiger partial charge in [0.05, 0.1) is 10.5 Å². The molecule has 2 aromatic rings. The summed E-state index contributed by atoms with van der Waals surface area (Å²) in [6.07, 6.45) is 4.56. The van der Waals surface area contributed by atoms with Crippen LogP contribution in [0.4, 0.5) is 0 Å². The summed E-state index contributed by atoms with van der Waals surface area (Å²) in [4.78, 5) is 0. The van der Waals surface area contributed by atoms with E-state index >= 15 is 0 Å². The third kappa shape index (κ3) is 1.37. The van der Waals surface area contributed by atoms with Gasteiger partial charge in [0.25, 0.3) is 0 Å². The number of aromatic nitrogens is 1. The summed E-state index contributed by atoms with van der Waals surface area (Å²) in [7, 11) is 0. The SMILES string of the molecule is Cc1c(Cl)c2ccccn2c1C1CCCN1. The topological polar surface area (TPSA) is 16.4 Å². The Balaban J connectivity index is 2.26. The molecule has 0 saturated carbocycles. The average Bonchev–Trinajstić information content (AvgIpc) is 2.89. The molecule has 0 aromatic carbocycles. The van der Waals surface area contributed by atoms with Crippen molar-refractivity contribution < 1.29 is 0 Å². The van der Waals surface area contributed by atoms with Crippen LogP contribution in [0.15, 0.2) is 24.4 Å². The predicted octanol–water partition coefficient (Wildman–Crippen LogP) is 3.33. The van der Waals surface area contributed by atoms with Gasteiger partial charge < -0.3 is 9.72 Å². The van der Waals surface area contributed by atoms with Crippen molar-refractivity contribution in [3.05, 3.63) is 40.7 Å². The molecule has 1 N–H and O–H groups in total. The number of fused-ring (bicyclic) bond motifs is 1. The van der Waals surface area contributed by atoms with E-state index < -0.39 is 0 Å². The number of halogens is 1. The van der Waals surface area contributed by atoms with Crippen molar-refractivity contribution in [2.45, 2.75) is 25.8 Å². The van der Waals surface area contributed by atoms with Gasteiger partial charge in [0.15, 0.2) is 0 Å². The smallest absolute Gasteiger partial charge is 0.0693 e. The third-order valence-corrected chi connectivity index (χ3v) is 3.93. The van der Waals surface area contributed by atoms with Gasteiger partial charge in [0.2, 0.25) is 0 Å². The lowest BCUT2D eigenvalue weighted by atomic mass is 10.1. The fourth-order valence-electron chi connectivity index (χ4n) is 2.66. The number of nitrogens with one attached hydrogen (secondary N) is 1. The Kier molecular flexibility index (Phi) is 2.41. The van der Waals surface area contributed by atoms with E-state index in [1.165, 1.54) is 24.1 Å². The molecule has 2 aromatic heterocycles. The molecule has 1 aliphatic rings. The lowest BCUT2D eigenvalue weighted by Crippen LogP contribution is -2.15. The molecular formula is C13H15ClN2. The molecule has 1 saturated heterocycles. The highest BCUT2D eigenvalue weighted by Crippen LogP contribution is 2.34. The van der Waals surface area contributed by atoms with E-state index in [9.17, 15) is 0 Å². The van der Waals surface area contributed by atoms with Crippen molar-refractivity contribution in [1.29, 1.82) is 0 Å². The summed E-state index contributed by atoms with van der Waals surface area (Å²) in [5.74, 6) is 0. The minimum atomic E-state index is 0.461. The molecule has 84 valence electrons. The zero-order valence-electron chi connectivity index (χ0n) is 9.33. The molecule has 2 nitrogen and oxygen atoms in total. The van der Waals surface area contributed by atoms with Crippen LogP contribution >= 0.6 is 11.6 Å². The minimum Gasteiger partial charge on any atom is -0.318 e. The van der Waals surface area contributed by atoms with Crippen molar-refractivity contribution in [3.63, 3.8) is 0 Å². The molecule has 1 atom stereocenters. The molecule has 0 radical (unpaired) electrons. The van der Waals surface area contributed by atoms with E-state index in [0.717, 1.165) is 17.1 Å². The number of hydrogen-bond donors (Lipinski definition) is 1. The molecule has 1 fully saturated rings. The Hall–Kier alpha value is -0.990. The fourth-order valence-corrected chi connectivity index (χ4v) is 2.92. The Labute approximate surface area is 100 Å². The Bertz CT molecular complexity index is 524. The molecule has 0 bridgehead atoms. The van der Waals surface area contributed by atoms with Crippen LogP contribution in [-0.2, 0) is 0 Å². The van der Waals surface area contributed by atoms with Crippen LogP contribution in [0.1, 0.15) is 30.1 Å². The van der Waals surface area contributed by atoms with Gasteiger partial charge in [0.1, 0.15) is 0 Å². The van der Waals surface area contributed by atoms with Gasteiger partial charge >= 0.3 is 0 Å². The van der Waals surface area contributed by atoms with Crippen LogP contribution < -0.4 is 5.32 Å². The van der Waals surface area contributed by atoms with E-state index in [1.54, 1.807) is 0 Å². The summed E-state index contributed by atoms with van der Waals surface area (Å²) in [5, 5.41) is 4.43. The maximum Gasteiger partial charge on any atom is 0.0693 e. The molecule has 1 aliphatic heterocycles. The number of pyridine rings is 1. The Morgan fingerprint density at radius 3 is 3.06 bits per heavy atom. The molecule has 1 unspecified atom stereocenters. The number of hydrogen-bond acceptors (Lipinski definition) is 1. The van der Waals surface area contributed by atoms with Crippen molar-refractivity contribution in [3.8, 4) is 0 Å². The number of nitrogens with zero attached hydrogens (tertiary/aromatic N) is 1. The van der Waals surface area contributed by atoms with Crippen LogP contribution in [0.25, 0.3) is 5.52 Å². The van der Waals surface area contributed by atoms with Crippen molar-refractivity contribution in [2.75, 3.05) is 6.54 Å². The normalized spacial score (nSPS) is 20.8. The first-order chi connectivity index (χ1) is 7.79. The maximum absolute atomic E-state index is 6.38. The van der Waals surface area contributed by atoms with Gasteiger partial charge in [-0.1, -0.05) is 17.7 Å². The molecule has 3 rings (SSSR count). The second kappa shape index (κ2) is 3.79. The Morgan fingerprint density at radius 2 is 2.31 bits per heavy atom. The first kappa shape index (κ1) is 10.2. The highest BCUT2D eigenvalue weighted by atomic mass is 35.5. The van der Waals surface area contributed by atoms with Gasteiger partial charge in [0, 0.05) is 17.9 Å². The van der Waals surface area contributed by atoms with Crippen molar-refractivity contribution in [2.24, 2.45) is 0 Å². The summed E-state index contributed by atoms with van der Waals surface area (Å²) in [5.41, 5.74) is 3.66. The van der Waals surface area contributed by atoms with E-state index in [0.29, 0.717) is 6.04 Å². The van der Waals surface area contributed by atoms with Crippen LogP contribution in [0.3, 0.4) is 0 Å².